The summed E-state index contributed by atoms with van der Waals surface area (Å²) in [6.07, 6.45) is 4.89. The second kappa shape index (κ2) is 2.96. The van der Waals surface area contributed by atoms with Gasteiger partial charge in [-0.2, -0.15) is 0 Å². The van der Waals surface area contributed by atoms with Crippen molar-refractivity contribution >= 4 is 5.57 Å². The normalized spacial score (nSPS) is 33.7. The third-order valence-corrected chi connectivity index (χ3v) is 4.15. The van der Waals surface area contributed by atoms with Crippen molar-refractivity contribution < 1.29 is 0 Å². The molecular weight excluding hydrogens is 182 g/mol. The molecule has 0 saturated heterocycles. The van der Waals surface area contributed by atoms with Crippen LogP contribution in [0.4, 0.5) is 0 Å². The molecule has 15 heavy (non-hydrogen) atoms. The van der Waals surface area contributed by atoms with Crippen LogP contribution in [0.1, 0.15) is 36.8 Å². The van der Waals surface area contributed by atoms with Crippen LogP contribution in [0, 0.1) is 5.92 Å². The van der Waals surface area contributed by atoms with Gasteiger partial charge in [-0.1, -0.05) is 43.7 Å². The zero-order valence-corrected chi connectivity index (χ0v) is 9.00. The zero-order chi connectivity index (χ0) is 10.5. The molecule has 78 valence electrons. The van der Waals surface area contributed by atoms with Crippen molar-refractivity contribution in [2.75, 3.05) is 0 Å². The van der Waals surface area contributed by atoms with Crippen molar-refractivity contribution in [1.29, 1.82) is 0 Å². The molecule has 0 radical (unpaired) electrons. The van der Waals surface area contributed by atoms with Crippen LogP contribution in [0.15, 0.2) is 30.8 Å². The Kier molecular flexibility index (Phi) is 1.81. The van der Waals surface area contributed by atoms with Crippen LogP contribution in [0.5, 0.6) is 0 Å². The minimum absolute atomic E-state index is 0.105. The second-order valence-corrected chi connectivity index (χ2v) is 4.91. The maximum absolute atomic E-state index is 6.61. The van der Waals surface area contributed by atoms with Gasteiger partial charge < -0.3 is 5.73 Å². The van der Waals surface area contributed by atoms with Gasteiger partial charge in [-0.25, -0.2) is 0 Å². The summed E-state index contributed by atoms with van der Waals surface area (Å²) in [4.78, 5) is 0. The lowest BCUT2D eigenvalue weighted by atomic mass is 9.73. The molecular formula is C14H17N. The predicted molar refractivity (Wildman–Crippen MR) is 63.3 cm³/mol. The van der Waals surface area contributed by atoms with Crippen molar-refractivity contribution in [1.82, 2.24) is 0 Å². The summed E-state index contributed by atoms with van der Waals surface area (Å²) in [5.74, 6) is 0.489. The Morgan fingerprint density at radius 1 is 1.27 bits per heavy atom. The van der Waals surface area contributed by atoms with Gasteiger partial charge in [0.25, 0.3) is 0 Å². The number of nitrogens with two attached hydrogens (primary N) is 1. The van der Waals surface area contributed by atoms with E-state index in [4.69, 9.17) is 5.73 Å². The topological polar surface area (TPSA) is 26.0 Å². The summed E-state index contributed by atoms with van der Waals surface area (Å²) in [5, 5.41) is 0. The van der Waals surface area contributed by atoms with Crippen LogP contribution in [0.25, 0.3) is 5.57 Å². The first-order valence-electron chi connectivity index (χ1n) is 5.81. The third-order valence-electron chi connectivity index (χ3n) is 4.15. The number of rotatable bonds is 0. The van der Waals surface area contributed by atoms with E-state index in [0.717, 1.165) is 6.42 Å². The first-order valence-corrected chi connectivity index (χ1v) is 5.81. The number of benzene rings is 1. The fourth-order valence-electron chi connectivity index (χ4n) is 3.36. The van der Waals surface area contributed by atoms with E-state index in [1.54, 1.807) is 0 Å². The molecule has 2 aliphatic rings. The SMILES string of the molecule is C=C1c2ccccc2[C@]2(N)CCCC[C@H]12. The highest BCUT2D eigenvalue weighted by atomic mass is 14.8. The Morgan fingerprint density at radius 3 is 2.93 bits per heavy atom. The molecule has 1 heteroatoms. The molecule has 0 spiro atoms. The third kappa shape index (κ3) is 1.07. The lowest BCUT2D eigenvalue weighted by Crippen LogP contribution is -2.43. The summed E-state index contributed by atoms with van der Waals surface area (Å²) in [6, 6.07) is 8.54. The van der Waals surface area contributed by atoms with Gasteiger partial charge in [0.05, 0.1) is 0 Å². The van der Waals surface area contributed by atoms with E-state index in [2.05, 4.69) is 30.8 Å². The van der Waals surface area contributed by atoms with E-state index in [0.29, 0.717) is 5.92 Å². The monoisotopic (exact) mass is 199 g/mol. The highest BCUT2D eigenvalue weighted by molar-refractivity contribution is 5.76. The second-order valence-electron chi connectivity index (χ2n) is 4.91. The minimum atomic E-state index is -0.105. The highest BCUT2D eigenvalue weighted by Crippen LogP contribution is 2.53. The molecule has 1 aromatic rings. The molecule has 1 saturated carbocycles. The molecule has 0 aromatic heterocycles. The first-order chi connectivity index (χ1) is 7.23. The lowest BCUT2D eigenvalue weighted by molar-refractivity contribution is 0.253. The van der Waals surface area contributed by atoms with Crippen LogP contribution in [0.3, 0.4) is 0 Å². The average Bonchev–Trinajstić information content (AvgIpc) is 2.50. The molecule has 2 atom stereocenters. The molecule has 0 unspecified atom stereocenters. The Labute approximate surface area is 91.0 Å². The van der Waals surface area contributed by atoms with E-state index in [-0.39, 0.29) is 5.54 Å². The summed E-state index contributed by atoms with van der Waals surface area (Å²) < 4.78 is 0. The summed E-state index contributed by atoms with van der Waals surface area (Å²) in [6.45, 7) is 4.25. The van der Waals surface area contributed by atoms with E-state index in [9.17, 15) is 0 Å². The molecule has 2 aliphatic carbocycles. The van der Waals surface area contributed by atoms with E-state index >= 15 is 0 Å². The Balaban J connectivity index is 2.20. The molecule has 3 rings (SSSR count). The van der Waals surface area contributed by atoms with Gasteiger partial charge in [0.15, 0.2) is 0 Å². The molecule has 2 N–H and O–H groups in total. The Hall–Kier alpha value is -1.08. The number of hydrogen-bond acceptors (Lipinski definition) is 1. The fraction of sp³-hybridized carbons (Fsp3) is 0.429. The van der Waals surface area contributed by atoms with Gasteiger partial charge in [0, 0.05) is 11.5 Å². The quantitative estimate of drug-likeness (QED) is 0.682. The van der Waals surface area contributed by atoms with E-state index in [1.807, 2.05) is 0 Å². The number of hydrogen-bond donors (Lipinski definition) is 1. The van der Waals surface area contributed by atoms with Crippen molar-refractivity contribution in [3.8, 4) is 0 Å². The highest BCUT2D eigenvalue weighted by Gasteiger charge is 2.46. The summed E-state index contributed by atoms with van der Waals surface area (Å²) in [7, 11) is 0. The van der Waals surface area contributed by atoms with Crippen molar-refractivity contribution in [2.45, 2.75) is 31.2 Å². The minimum Gasteiger partial charge on any atom is -0.321 e. The average molecular weight is 199 g/mol. The molecule has 0 aliphatic heterocycles. The van der Waals surface area contributed by atoms with Gasteiger partial charge in [-0.05, 0) is 29.5 Å². The van der Waals surface area contributed by atoms with Crippen LogP contribution >= 0.6 is 0 Å². The molecule has 0 heterocycles. The molecule has 1 nitrogen and oxygen atoms in total. The molecule has 0 amide bonds. The van der Waals surface area contributed by atoms with Gasteiger partial charge in [0.2, 0.25) is 0 Å². The standard InChI is InChI=1S/C14H17N/c1-10-11-6-2-3-8-13(11)14(15)9-5-4-7-12(10)14/h2-3,6,8,12H,1,4-5,7,9,15H2/t12-,14+/m1/s1. The van der Waals surface area contributed by atoms with E-state index < -0.39 is 0 Å². The maximum atomic E-state index is 6.61. The van der Waals surface area contributed by atoms with Gasteiger partial charge in [0.1, 0.15) is 0 Å². The molecule has 1 aromatic carbocycles. The van der Waals surface area contributed by atoms with Crippen LogP contribution < -0.4 is 5.73 Å². The Bertz CT molecular complexity index is 421. The lowest BCUT2D eigenvalue weighted by Gasteiger charge is -2.37. The van der Waals surface area contributed by atoms with E-state index in [1.165, 1.54) is 36.0 Å². The molecule has 1 fully saturated rings. The molecule has 0 bridgehead atoms. The maximum Gasteiger partial charge on any atom is 0.0485 e. The van der Waals surface area contributed by atoms with Gasteiger partial charge in [-0.3, -0.25) is 0 Å². The smallest absolute Gasteiger partial charge is 0.0485 e. The predicted octanol–water partition coefficient (Wildman–Crippen LogP) is 3.06. The van der Waals surface area contributed by atoms with Crippen molar-refractivity contribution in [3.63, 3.8) is 0 Å². The summed E-state index contributed by atoms with van der Waals surface area (Å²) in [5.41, 5.74) is 10.4. The zero-order valence-electron chi connectivity index (χ0n) is 9.00. The largest absolute Gasteiger partial charge is 0.321 e. The van der Waals surface area contributed by atoms with Crippen molar-refractivity contribution in [3.05, 3.63) is 42.0 Å². The van der Waals surface area contributed by atoms with Gasteiger partial charge >= 0.3 is 0 Å². The van der Waals surface area contributed by atoms with Crippen LogP contribution in [0.2, 0.25) is 0 Å². The van der Waals surface area contributed by atoms with Crippen molar-refractivity contribution in [2.24, 2.45) is 11.7 Å². The number of fused-ring (bicyclic) bond motifs is 3. The van der Waals surface area contributed by atoms with Gasteiger partial charge in [-0.15, -0.1) is 0 Å². The van der Waals surface area contributed by atoms with Crippen LogP contribution in [-0.2, 0) is 5.54 Å². The van der Waals surface area contributed by atoms with Crippen LogP contribution in [-0.4, -0.2) is 0 Å². The summed E-state index contributed by atoms with van der Waals surface area (Å²) >= 11 is 0. The Morgan fingerprint density at radius 2 is 2.07 bits per heavy atom. The fourth-order valence-corrected chi connectivity index (χ4v) is 3.36. The first kappa shape index (κ1) is 9.17.